The molecule has 1 aliphatic heterocycles. The van der Waals surface area contributed by atoms with Crippen LogP contribution in [-0.4, -0.2) is 42.2 Å². The Morgan fingerprint density at radius 3 is 3.31 bits per heavy atom. The lowest BCUT2D eigenvalue weighted by atomic mass is 10.2. The van der Waals surface area contributed by atoms with Crippen LogP contribution in [0.25, 0.3) is 0 Å². The van der Waals surface area contributed by atoms with Crippen LogP contribution in [-0.2, 0) is 0 Å². The maximum Gasteiger partial charge on any atom is 0.0965 e. The monoisotopic (exact) mass is 257 g/mol. The maximum atomic E-state index is 4.34. The van der Waals surface area contributed by atoms with Crippen LogP contribution in [0.1, 0.15) is 17.8 Å². The molecule has 2 rings (SSSR count). The van der Waals surface area contributed by atoms with Gasteiger partial charge in [0.1, 0.15) is 0 Å². The molecule has 0 bridgehead atoms. The lowest BCUT2D eigenvalue weighted by Crippen LogP contribution is -2.45. The first-order valence-electron chi connectivity index (χ1n) is 5.77. The Morgan fingerprint density at radius 1 is 1.69 bits per heavy atom. The maximum absolute atomic E-state index is 4.34. The molecular formula is C11H19N3S2. The highest BCUT2D eigenvalue weighted by molar-refractivity contribution is 7.99. The third-order valence-electron chi connectivity index (χ3n) is 2.71. The minimum absolute atomic E-state index is 0.524. The fourth-order valence-corrected chi connectivity index (χ4v) is 3.44. The predicted molar refractivity (Wildman–Crippen MR) is 72.5 cm³/mol. The van der Waals surface area contributed by atoms with Crippen molar-refractivity contribution in [2.24, 2.45) is 0 Å². The first kappa shape index (κ1) is 12.4. The topological polar surface area (TPSA) is 37.0 Å². The molecule has 0 aliphatic carbocycles. The van der Waals surface area contributed by atoms with Crippen LogP contribution in [0.5, 0.6) is 0 Å². The minimum atomic E-state index is 0.524. The van der Waals surface area contributed by atoms with Gasteiger partial charge in [0.25, 0.3) is 0 Å². The Hall–Kier alpha value is -0.100. The number of thiazole rings is 1. The van der Waals surface area contributed by atoms with Crippen molar-refractivity contribution in [3.05, 3.63) is 16.6 Å². The number of hydrogen-bond donors (Lipinski definition) is 2. The van der Waals surface area contributed by atoms with E-state index < -0.39 is 0 Å². The lowest BCUT2D eigenvalue weighted by Gasteiger charge is -2.23. The summed E-state index contributed by atoms with van der Waals surface area (Å²) in [4.78, 5) is 4.34. The Morgan fingerprint density at radius 2 is 2.62 bits per heavy atom. The number of nitrogens with one attached hydrogen (secondary N) is 2. The molecule has 1 aromatic rings. The van der Waals surface area contributed by atoms with Gasteiger partial charge in [0.2, 0.25) is 0 Å². The summed E-state index contributed by atoms with van der Waals surface area (Å²) in [6.07, 6.45) is 1.88. The van der Waals surface area contributed by atoms with Crippen LogP contribution in [0.3, 0.4) is 0 Å². The molecule has 2 heterocycles. The zero-order valence-corrected chi connectivity index (χ0v) is 11.2. The Labute approximate surface area is 105 Å². The molecule has 2 unspecified atom stereocenters. The van der Waals surface area contributed by atoms with Crippen molar-refractivity contribution in [3.63, 3.8) is 0 Å². The van der Waals surface area contributed by atoms with E-state index in [0.717, 1.165) is 19.6 Å². The molecule has 0 saturated carbocycles. The fourth-order valence-electron chi connectivity index (χ4n) is 1.79. The number of rotatable bonds is 5. The van der Waals surface area contributed by atoms with E-state index in [1.807, 2.05) is 23.3 Å². The van der Waals surface area contributed by atoms with E-state index in [0.29, 0.717) is 12.0 Å². The van der Waals surface area contributed by atoms with E-state index in [-0.39, 0.29) is 0 Å². The van der Waals surface area contributed by atoms with Crippen molar-refractivity contribution in [1.29, 1.82) is 0 Å². The summed E-state index contributed by atoms with van der Waals surface area (Å²) in [5.74, 6) is 3.02. The minimum Gasteiger partial charge on any atom is -0.314 e. The molecular weight excluding hydrogens is 238 g/mol. The second-order valence-electron chi connectivity index (χ2n) is 4.16. The molecule has 90 valence electrons. The van der Waals surface area contributed by atoms with Gasteiger partial charge in [0.05, 0.1) is 5.01 Å². The van der Waals surface area contributed by atoms with E-state index in [1.54, 1.807) is 11.3 Å². The summed E-state index contributed by atoms with van der Waals surface area (Å²) in [6.45, 7) is 5.48. The summed E-state index contributed by atoms with van der Waals surface area (Å²) in [5.41, 5.74) is 0. The van der Waals surface area contributed by atoms with Crippen LogP contribution < -0.4 is 10.6 Å². The third-order valence-corrected chi connectivity index (χ3v) is 4.85. The third kappa shape index (κ3) is 3.73. The first-order chi connectivity index (χ1) is 7.86. The molecule has 0 aromatic carbocycles. The van der Waals surface area contributed by atoms with Crippen molar-refractivity contribution in [1.82, 2.24) is 15.6 Å². The summed E-state index contributed by atoms with van der Waals surface area (Å²) in [7, 11) is 0. The van der Waals surface area contributed by atoms with Gasteiger partial charge >= 0.3 is 0 Å². The smallest absolute Gasteiger partial charge is 0.0965 e. The highest BCUT2D eigenvalue weighted by Gasteiger charge is 2.13. The number of aromatic nitrogens is 1. The van der Waals surface area contributed by atoms with Gasteiger partial charge in [-0.2, -0.15) is 11.8 Å². The van der Waals surface area contributed by atoms with E-state index in [2.05, 4.69) is 22.5 Å². The van der Waals surface area contributed by atoms with Crippen molar-refractivity contribution >= 4 is 23.1 Å². The quantitative estimate of drug-likeness (QED) is 0.839. The molecule has 1 fully saturated rings. The van der Waals surface area contributed by atoms with Crippen LogP contribution in [0, 0.1) is 0 Å². The molecule has 5 heteroatoms. The zero-order valence-electron chi connectivity index (χ0n) is 9.61. The van der Waals surface area contributed by atoms with Gasteiger partial charge < -0.3 is 10.6 Å². The van der Waals surface area contributed by atoms with Crippen molar-refractivity contribution < 1.29 is 0 Å². The Bertz CT molecular complexity index is 283. The van der Waals surface area contributed by atoms with Gasteiger partial charge in [-0.1, -0.05) is 6.92 Å². The van der Waals surface area contributed by atoms with Crippen molar-refractivity contribution in [2.75, 3.05) is 31.1 Å². The summed E-state index contributed by atoms with van der Waals surface area (Å²) in [5, 5.41) is 10.3. The van der Waals surface area contributed by atoms with Gasteiger partial charge in [-0.05, 0) is 0 Å². The SMILES string of the molecule is CC(CNCC1CSCCN1)c1nccs1. The van der Waals surface area contributed by atoms with Gasteiger partial charge in [-0.3, -0.25) is 0 Å². The lowest BCUT2D eigenvalue weighted by molar-refractivity contribution is 0.500. The molecule has 2 N–H and O–H groups in total. The second kappa shape index (κ2) is 6.59. The Balaban J connectivity index is 1.63. The van der Waals surface area contributed by atoms with E-state index in [1.165, 1.54) is 16.5 Å². The van der Waals surface area contributed by atoms with Gasteiger partial charge in [-0.15, -0.1) is 11.3 Å². The van der Waals surface area contributed by atoms with Crippen LogP contribution >= 0.6 is 23.1 Å². The van der Waals surface area contributed by atoms with Gasteiger partial charge in [0, 0.05) is 54.7 Å². The predicted octanol–water partition coefficient (Wildman–Crippen LogP) is 1.54. The van der Waals surface area contributed by atoms with Crippen LogP contribution in [0.15, 0.2) is 11.6 Å². The number of hydrogen-bond acceptors (Lipinski definition) is 5. The van der Waals surface area contributed by atoms with Crippen molar-refractivity contribution in [2.45, 2.75) is 18.9 Å². The molecule has 16 heavy (non-hydrogen) atoms. The molecule has 1 aliphatic rings. The molecule has 1 saturated heterocycles. The van der Waals surface area contributed by atoms with Crippen LogP contribution in [0.4, 0.5) is 0 Å². The van der Waals surface area contributed by atoms with Crippen LogP contribution in [0.2, 0.25) is 0 Å². The first-order valence-corrected chi connectivity index (χ1v) is 7.81. The molecule has 3 nitrogen and oxygen atoms in total. The Kier molecular flexibility index (Phi) is 5.09. The molecule has 2 atom stereocenters. The molecule has 0 spiro atoms. The van der Waals surface area contributed by atoms with E-state index in [4.69, 9.17) is 0 Å². The van der Waals surface area contributed by atoms with Gasteiger partial charge in [-0.25, -0.2) is 4.98 Å². The molecule has 1 aromatic heterocycles. The zero-order chi connectivity index (χ0) is 11.2. The summed E-state index contributed by atoms with van der Waals surface area (Å²) in [6, 6.07) is 0.641. The van der Waals surface area contributed by atoms with Crippen molar-refractivity contribution in [3.8, 4) is 0 Å². The molecule has 0 radical (unpaired) electrons. The van der Waals surface area contributed by atoms with Gasteiger partial charge in [0.15, 0.2) is 0 Å². The summed E-state index contributed by atoms with van der Waals surface area (Å²) >= 11 is 3.79. The average molecular weight is 257 g/mol. The summed E-state index contributed by atoms with van der Waals surface area (Å²) < 4.78 is 0. The molecule has 0 amide bonds. The fraction of sp³-hybridized carbons (Fsp3) is 0.727. The number of thioether (sulfide) groups is 1. The standard InChI is InChI=1S/C11H19N3S2/c1-9(11-14-3-5-16-11)6-12-7-10-8-15-4-2-13-10/h3,5,9-10,12-13H,2,4,6-8H2,1H3. The number of nitrogens with zero attached hydrogens (tertiary/aromatic N) is 1. The van der Waals surface area contributed by atoms with E-state index >= 15 is 0 Å². The largest absolute Gasteiger partial charge is 0.314 e. The normalized spacial score (nSPS) is 23.2. The highest BCUT2D eigenvalue weighted by Crippen LogP contribution is 2.16. The second-order valence-corrected chi connectivity index (χ2v) is 6.23. The average Bonchev–Trinajstić information content (AvgIpc) is 2.84. The highest BCUT2D eigenvalue weighted by atomic mass is 32.2. The van der Waals surface area contributed by atoms with E-state index in [9.17, 15) is 0 Å².